The number of carbonyl (C=O) groups excluding carboxylic acids is 2. The number of Topliss-reactive ketones (excluding diaryl/α,β-unsaturated/α-hetero) is 2. The highest BCUT2D eigenvalue weighted by molar-refractivity contribution is 6.02. The van der Waals surface area contributed by atoms with Crippen LogP contribution in [0.4, 0.5) is 0 Å². The summed E-state index contributed by atoms with van der Waals surface area (Å²) in [6.45, 7) is 5.35. The molecular formula is C41H77NO2. The molecule has 0 amide bonds. The number of hydrogen-bond acceptors (Lipinski definition) is 3. The van der Waals surface area contributed by atoms with Gasteiger partial charge in [-0.3, -0.25) is 9.59 Å². The molecule has 0 atom stereocenters. The second kappa shape index (κ2) is 34.6. The number of unbranched alkanes of at least 4 members (excludes halogenated alkanes) is 22. The Balaban J connectivity index is 3.93. The summed E-state index contributed by atoms with van der Waals surface area (Å²) in [5.74, 6) is 0.00964. The Morgan fingerprint density at radius 2 is 0.750 bits per heavy atom. The van der Waals surface area contributed by atoms with E-state index >= 15 is 0 Å². The molecule has 0 rings (SSSR count). The van der Waals surface area contributed by atoms with Crippen LogP contribution in [0.2, 0.25) is 0 Å². The lowest BCUT2D eigenvalue weighted by Crippen LogP contribution is -2.28. The maximum absolute atomic E-state index is 13.0. The minimum atomic E-state index is -0.383. The Bertz CT molecular complexity index is 628. The van der Waals surface area contributed by atoms with Gasteiger partial charge in [-0.2, -0.15) is 0 Å². The van der Waals surface area contributed by atoms with Crippen LogP contribution in [0.5, 0.6) is 0 Å². The summed E-state index contributed by atoms with van der Waals surface area (Å²) in [5.41, 5.74) is 0. The second-order valence-corrected chi connectivity index (χ2v) is 13.7. The van der Waals surface area contributed by atoms with Gasteiger partial charge in [-0.25, -0.2) is 0 Å². The molecule has 44 heavy (non-hydrogen) atoms. The van der Waals surface area contributed by atoms with Crippen molar-refractivity contribution < 1.29 is 9.59 Å². The summed E-state index contributed by atoms with van der Waals surface area (Å²) in [7, 11) is 4.05. The Morgan fingerprint density at radius 1 is 0.455 bits per heavy atom. The van der Waals surface area contributed by atoms with Crippen LogP contribution in [0.25, 0.3) is 0 Å². The first-order valence-electron chi connectivity index (χ1n) is 19.5. The van der Waals surface area contributed by atoms with Crippen molar-refractivity contribution in [3.05, 3.63) is 24.3 Å². The molecule has 258 valence electrons. The maximum atomic E-state index is 13.0. The number of carbonyl (C=O) groups is 2. The van der Waals surface area contributed by atoms with Gasteiger partial charge in [0, 0.05) is 12.8 Å². The first-order chi connectivity index (χ1) is 21.5. The van der Waals surface area contributed by atoms with E-state index in [1.165, 1.54) is 141 Å². The van der Waals surface area contributed by atoms with E-state index in [1.54, 1.807) is 0 Å². The highest BCUT2D eigenvalue weighted by Gasteiger charge is 2.25. The van der Waals surface area contributed by atoms with Gasteiger partial charge in [-0.15, -0.1) is 0 Å². The lowest BCUT2D eigenvalue weighted by atomic mass is 9.89. The normalized spacial score (nSPS) is 12.7. The van der Waals surface area contributed by atoms with Gasteiger partial charge in [0.1, 0.15) is 11.6 Å². The molecule has 0 spiro atoms. The highest BCUT2D eigenvalue weighted by atomic mass is 16.1. The Labute approximate surface area is 276 Å². The van der Waals surface area contributed by atoms with E-state index in [1.807, 2.05) is 14.1 Å². The fourth-order valence-electron chi connectivity index (χ4n) is 5.98. The molecule has 0 saturated carbocycles. The lowest BCUT2D eigenvalue weighted by Gasteiger charge is -2.17. The summed E-state index contributed by atoms with van der Waals surface area (Å²) in [6, 6.07) is 0. The van der Waals surface area contributed by atoms with Crippen LogP contribution < -0.4 is 0 Å². The maximum Gasteiger partial charge on any atom is 0.143 e. The summed E-state index contributed by atoms with van der Waals surface area (Å²) >= 11 is 0. The molecule has 0 unspecified atom stereocenters. The van der Waals surface area contributed by atoms with Crippen molar-refractivity contribution in [2.45, 2.75) is 200 Å². The van der Waals surface area contributed by atoms with E-state index < -0.39 is 0 Å². The SMILES string of the molecule is CCCCCCCCC=CCCCCCCCC(=O)C(CCN(C)C)C(=O)CCCCCCCC=CCCCCCCCC. The van der Waals surface area contributed by atoms with Crippen molar-refractivity contribution in [1.82, 2.24) is 4.90 Å². The largest absolute Gasteiger partial charge is 0.309 e. The molecule has 0 fully saturated rings. The molecule has 0 bridgehead atoms. The number of allylic oxidation sites excluding steroid dienone is 4. The predicted molar refractivity (Wildman–Crippen MR) is 196 cm³/mol. The smallest absolute Gasteiger partial charge is 0.143 e. The van der Waals surface area contributed by atoms with Crippen LogP contribution in [0.3, 0.4) is 0 Å². The third kappa shape index (κ3) is 30.8. The van der Waals surface area contributed by atoms with Gasteiger partial charge < -0.3 is 4.90 Å². The summed E-state index contributed by atoms with van der Waals surface area (Å²) < 4.78 is 0. The van der Waals surface area contributed by atoms with Crippen LogP contribution >= 0.6 is 0 Å². The van der Waals surface area contributed by atoms with Crippen molar-refractivity contribution in [1.29, 1.82) is 0 Å². The molecule has 0 aromatic rings. The van der Waals surface area contributed by atoms with Gasteiger partial charge >= 0.3 is 0 Å². The van der Waals surface area contributed by atoms with Crippen molar-refractivity contribution in [2.24, 2.45) is 5.92 Å². The number of rotatable bonds is 35. The van der Waals surface area contributed by atoms with Gasteiger partial charge in [-0.05, 0) is 91.3 Å². The molecule has 0 aliphatic heterocycles. The molecule has 0 heterocycles. The van der Waals surface area contributed by atoms with Crippen LogP contribution in [-0.2, 0) is 9.59 Å². The molecule has 0 saturated heterocycles. The summed E-state index contributed by atoms with van der Waals surface area (Å²) in [4.78, 5) is 28.2. The van der Waals surface area contributed by atoms with E-state index in [-0.39, 0.29) is 17.5 Å². The van der Waals surface area contributed by atoms with E-state index in [4.69, 9.17) is 0 Å². The summed E-state index contributed by atoms with van der Waals surface area (Å²) in [6.07, 6.45) is 44.1. The van der Waals surface area contributed by atoms with E-state index in [0.29, 0.717) is 19.3 Å². The topological polar surface area (TPSA) is 37.4 Å². The molecule has 3 heteroatoms. The minimum Gasteiger partial charge on any atom is -0.309 e. The molecule has 3 nitrogen and oxygen atoms in total. The Hall–Kier alpha value is -1.22. The fraction of sp³-hybridized carbons (Fsp3) is 0.854. The zero-order valence-corrected chi connectivity index (χ0v) is 30.4. The van der Waals surface area contributed by atoms with Crippen molar-refractivity contribution in [3.63, 3.8) is 0 Å². The number of hydrogen-bond donors (Lipinski definition) is 0. The van der Waals surface area contributed by atoms with Gasteiger partial charge in [0.15, 0.2) is 0 Å². The standard InChI is InChI=1S/C41H77NO2/c1-5-7-9-11-13-15-17-19-21-23-25-27-29-31-33-35-40(43)39(37-38-42(3)4)41(44)36-34-32-30-28-26-24-22-20-18-16-14-12-10-8-6-2/h19-22,39H,5-18,23-38H2,1-4H3. The average molecular weight is 616 g/mol. The van der Waals surface area contributed by atoms with Gasteiger partial charge in [0.05, 0.1) is 5.92 Å². The van der Waals surface area contributed by atoms with Crippen LogP contribution in [0.1, 0.15) is 200 Å². The quantitative estimate of drug-likeness (QED) is 0.0404. The monoisotopic (exact) mass is 616 g/mol. The van der Waals surface area contributed by atoms with Crippen molar-refractivity contribution >= 4 is 11.6 Å². The average Bonchev–Trinajstić information content (AvgIpc) is 3.01. The second-order valence-electron chi connectivity index (χ2n) is 13.7. The fourth-order valence-corrected chi connectivity index (χ4v) is 5.98. The molecule has 0 radical (unpaired) electrons. The number of nitrogens with zero attached hydrogens (tertiary/aromatic N) is 1. The van der Waals surface area contributed by atoms with Gasteiger partial charge in [0.25, 0.3) is 0 Å². The van der Waals surface area contributed by atoms with Gasteiger partial charge in [0.2, 0.25) is 0 Å². The van der Waals surface area contributed by atoms with Crippen LogP contribution in [0.15, 0.2) is 24.3 Å². The Morgan fingerprint density at radius 3 is 1.07 bits per heavy atom. The molecule has 0 aromatic carbocycles. The van der Waals surface area contributed by atoms with E-state index in [0.717, 1.165) is 32.2 Å². The third-order valence-corrected chi connectivity index (χ3v) is 9.01. The van der Waals surface area contributed by atoms with Gasteiger partial charge in [-0.1, -0.05) is 141 Å². The predicted octanol–water partition coefficient (Wildman–Crippen LogP) is 12.8. The molecular weight excluding hydrogens is 538 g/mol. The zero-order chi connectivity index (χ0) is 32.4. The van der Waals surface area contributed by atoms with Crippen LogP contribution in [0, 0.1) is 5.92 Å². The van der Waals surface area contributed by atoms with Crippen molar-refractivity contribution in [3.8, 4) is 0 Å². The first-order valence-corrected chi connectivity index (χ1v) is 19.5. The molecule has 0 aromatic heterocycles. The Kier molecular flexibility index (Phi) is 33.7. The molecule has 0 N–H and O–H groups in total. The third-order valence-electron chi connectivity index (χ3n) is 9.01. The lowest BCUT2D eigenvalue weighted by molar-refractivity contribution is -0.133. The summed E-state index contributed by atoms with van der Waals surface area (Å²) in [5, 5.41) is 0. The highest BCUT2D eigenvalue weighted by Crippen LogP contribution is 2.18. The number of ketones is 2. The van der Waals surface area contributed by atoms with Crippen LogP contribution in [-0.4, -0.2) is 37.1 Å². The molecule has 0 aliphatic rings. The minimum absolute atomic E-state index is 0.197. The first kappa shape index (κ1) is 42.8. The van der Waals surface area contributed by atoms with E-state index in [2.05, 4.69) is 43.1 Å². The van der Waals surface area contributed by atoms with E-state index in [9.17, 15) is 9.59 Å². The molecule has 0 aliphatic carbocycles. The zero-order valence-electron chi connectivity index (χ0n) is 30.4. The van der Waals surface area contributed by atoms with Crippen molar-refractivity contribution in [2.75, 3.05) is 20.6 Å².